The molecule has 3 atom stereocenters. The number of guanidine groups is 1. The lowest BCUT2D eigenvalue weighted by atomic mass is 9.39. The number of nitrogens with zero attached hydrogens (tertiary/aromatic N) is 1. The van der Waals surface area contributed by atoms with Crippen molar-refractivity contribution in [2.24, 2.45) is 39.3 Å². The van der Waals surface area contributed by atoms with E-state index in [1.165, 1.54) is 57.8 Å². The maximum Gasteiger partial charge on any atom is 0.188 e. The van der Waals surface area contributed by atoms with E-state index in [9.17, 15) is 0 Å². The van der Waals surface area contributed by atoms with E-state index in [0.29, 0.717) is 22.8 Å². The van der Waals surface area contributed by atoms with Crippen LogP contribution < -0.4 is 11.1 Å². The van der Waals surface area contributed by atoms with E-state index in [1.54, 1.807) is 12.8 Å². The van der Waals surface area contributed by atoms with Gasteiger partial charge in [-0.2, -0.15) is 0 Å². The largest absolute Gasteiger partial charge is 0.370 e. The Morgan fingerprint density at radius 3 is 2.22 bits per heavy atom. The van der Waals surface area contributed by atoms with Crippen LogP contribution in [-0.2, 0) is 0 Å². The second kappa shape index (κ2) is 5.64. The summed E-state index contributed by atoms with van der Waals surface area (Å²) in [7, 11) is 0. The molecule has 0 amide bonds. The summed E-state index contributed by atoms with van der Waals surface area (Å²) >= 11 is 0. The Hall–Kier alpha value is -0.250. The molecule has 1 aliphatic heterocycles. The van der Waals surface area contributed by atoms with Gasteiger partial charge in [0.1, 0.15) is 0 Å². The Morgan fingerprint density at radius 1 is 0.957 bits per heavy atom. The molecule has 0 aromatic carbocycles. The average Bonchev–Trinajstić information content (AvgIpc) is 2.94. The van der Waals surface area contributed by atoms with Crippen LogP contribution in [0.25, 0.3) is 0 Å². The highest BCUT2D eigenvalue weighted by Crippen LogP contribution is 2.69. The molecular weight excluding hydrogens is 350 g/mol. The van der Waals surface area contributed by atoms with Crippen LogP contribution >= 0.6 is 17.0 Å². The standard InChI is InChI=1S/C19H31N3.BrH/c20-17-21-11-16(22-17)19-9-13-6-14(10-19)8-18(7-13,12-19)15-4-2-1-3-5-15;/h13-16H,1-12H2,(H3,20,21,22);1H. The van der Waals surface area contributed by atoms with Crippen molar-refractivity contribution in [2.75, 3.05) is 6.54 Å². The smallest absolute Gasteiger partial charge is 0.188 e. The van der Waals surface area contributed by atoms with Gasteiger partial charge in [0.25, 0.3) is 0 Å². The summed E-state index contributed by atoms with van der Waals surface area (Å²) < 4.78 is 0. The van der Waals surface area contributed by atoms with Crippen molar-refractivity contribution in [3.63, 3.8) is 0 Å². The van der Waals surface area contributed by atoms with Crippen molar-refractivity contribution >= 4 is 22.9 Å². The van der Waals surface area contributed by atoms with E-state index in [4.69, 9.17) is 5.73 Å². The van der Waals surface area contributed by atoms with Crippen LogP contribution in [0.15, 0.2) is 4.99 Å². The Kier molecular flexibility index (Phi) is 3.98. The summed E-state index contributed by atoms with van der Waals surface area (Å²) in [5, 5.41) is 3.56. The highest BCUT2D eigenvalue weighted by Gasteiger charge is 2.62. The minimum atomic E-state index is 0. The first kappa shape index (κ1) is 16.2. The molecule has 23 heavy (non-hydrogen) atoms. The van der Waals surface area contributed by atoms with Gasteiger partial charge in [-0.1, -0.05) is 19.3 Å². The van der Waals surface area contributed by atoms with E-state index in [-0.39, 0.29) is 17.0 Å². The van der Waals surface area contributed by atoms with Crippen molar-refractivity contribution in [3.8, 4) is 0 Å². The van der Waals surface area contributed by atoms with Crippen molar-refractivity contribution < 1.29 is 0 Å². The molecule has 4 bridgehead atoms. The first-order valence-corrected chi connectivity index (χ1v) is 9.74. The summed E-state index contributed by atoms with van der Waals surface area (Å²) in [6.07, 6.45) is 16.5. The number of aliphatic imine (C=N–C) groups is 1. The van der Waals surface area contributed by atoms with Gasteiger partial charge in [0.05, 0.1) is 12.6 Å². The maximum atomic E-state index is 5.96. The molecule has 4 heteroatoms. The third-order valence-corrected chi connectivity index (χ3v) is 8.13. The summed E-state index contributed by atoms with van der Waals surface area (Å²) in [5.74, 6) is 3.75. The normalized spacial score (nSPS) is 48.7. The second-order valence-electron chi connectivity index (χ2n) is 9.44. The zero-order valence-corrected chi connectivity index (χ0v) is 15.9. The van der Waals surface area contributed by atoms with E-state index in [0.717, 1.165) is 24.3 Å². The molecule has 5 aliphatic carbocycles. The van der Waals surface area contributed by atoms with Gasteiger partial charge in [-0.3, -0.25) is 4.99 Å². The summed E-state index contributed by atoms with van der Waals surface area (Å²) in [5.41, 5.74) is 7.18. The van der Waals surface area contributed by atoms with Gasteiger partial charge in [-0.25, -0.2) is 0 Å². The number of rotatable bonds is 2. The Balaban J connectivity index is 0.00000135. The molecule has 6 aliphatic rings. The first-order valence-electron chi connectivity index (χ1n) is 9.74. The fraction of sp³-hybridized carbons (Fsp3) is 0.947. The van der Waals surface area contributed by atoms with Crippen LogP contribution in [0.4, 0.5) is 0 Å². The fourth-order valence-corrected chi connectivity index (χ4v) is 7.81. The summed E-state index contributed by atoms with van der Waals surface area (Å²) in [6.45, 7) is 0.937. The van der Waals surface area contributed by atoms with Crippen LogP contribution in [0.2, 0.25) is 0 Å². The van der Waals surface area contributed by atoms with Gasteiger partial charge in [-0.05, 0) is 80.0 Å². The number of nitrogens with one attached hydrogen (secondary N) is 1. The molecule has 130 valence electrons. The molecular formula is C19H32BrN3. The topological polar surface area (TPSA) is 50.4 Å². The molecule has 0 aromatic rings. The van der Waals surface area contributed by atoms with Gasteiger partial charge < -0.3 is 11.1 Å². The second-order valence-corrected chi connectivity index (χ2v) is 9.44. The lowest BCUT2D eigenvalue weighted by molar-refractivity contribution is -0.150. The predicted molar refractivity (Wildman–Crippen MR) is 99.9 cm³/mol. The van der Waals surface area contributed by atoms with E-state index in [1.807, 2.05) is 0 Å². The number of hydrogen-bond donors (Lipinski definition) is 2. The monoisotopic (exact) mass is 381 g/mol. The summed E-state index contributed by atoms with van der Waals surface area (Å²) in [6, 6.07) is 0.543. The lowest BCUT2D eigenvalue weighted by Gasteiger charge is -2.66. The third-order valence-electron chi connectivity index (χ3n) is 8.13. The Bertz CT molecular complexity index is 463. The van der Waals surface area contributed by atoms with Gasteiger partial charge in [0.2, 0.25) is 0 Å². The molecule has 3 unspecified atom stereocenters. The summed E-state index contributed by atoms with van der Waals surface area (Å²) in [4.78, 5) is 4.49. The van der Waals surface area contributed by atoms with Crippen molar-refractivity contribution in [1.29, 1.82) is 0 Å². The van der Waals surface area contributed by atoms with Crippen LogP contribution in [0, 0.1) is 28.6 Å². The van der Waals surface area contributed by atoms with Crippen LogP contribution in [0.1, 0.15) is 70.6 Å². The quantitative estimate of drug-likeness (QED) is 0.758. The van der Waals surface area contributed by atoms with Gasteiger partial charge >= 0.3 is 0 Å². The average molecular weight is 382 g/mol. The highest BCUT2D eigenvalue weighted by molar-refractivity contribution is 8.93. The molecule has 1 heterocycles. The molecule has 3 N–H and O–H groups in total. The number of halogens is 1. The third kappa shape index (κ3) is 2.46. The Morgan fingerprint density at radius 2 is 1.61 bits per heavy atom. The molecule has 5 fully saturated rings. The van der Waals surface area contributed by atoms with Crippen molar-refractivity contribution in [3.05, 3.63) is 0 Å². The zero-order valence-electron chi connectivity index (χ0n) is 14.2. The molecule has 0 spiro atoms. The van der Waals surface area contributed by atoms with E-state index < -0.39 is 0 Å². The van der Waals surface area contributed by atoms with Crippen LogP contribution in [0.3, 0.4) is 0 Å². The predicted octanol–water partition coefficient (Wildman–Crippen LogP) is 4.02. The molecule has 3 nitrogen and oxygen atoms in total. The molecule has 5 saturated carbocycles. The van der Waals surface area contributed by atoms with Gasteiger partial charge in [-0.15, -0.1) is 17.0 Å². The Labute approximate surface area is 151 Å². The highest BCUT2D eigenvalue weighted by atomic mass is 79.9. The van der Waals surface area contributed by atoms with Crippen LogP contribution in [-0.4, -0.2) is 18.5 Å². The first-order chi connectivity index (χ1) is 10.7. The van der Waals surface area contributed by atoms with Crippen LogP contribution in [0.5, 0.6) is 0 Å². The zero-order chi connectivity index (χ0) is 14.8. The van der Waals surface area contributed by atoms with Crippen molar-refractivity contribution in [1.82, 2.24) is 5.32 Å². The molecule has 0 aromatic heterocycles. The maximum absolute atomic E-state index is 5.96. The fourth-order valence-electron chi connectivity index (χ4n) is 7.81. The number of hydrogen-bond acceptors (Lipinski definition) is 3. The van der Waals surface area contributed by atoms with Crippen molar-refractivity contribution in [2.45, 2.75) is 76.7 Å². The molecule has 6 rings (SSSR count). The van der Waals surface area contributed by atoms with E-state index >= 15 is 0 Å². The lowest BCUT2D eigenvalue weighted by Crippen LogP contribution is -2.61. The minimum Gasteiger partial charge on any atom is -0.370 e. The molecule has 0 saturated heterocycles. The van der Waals surface area contributed by atoms with E-state index in [2.05, 4.69) is 10.3 Å². The number of nitrogens with two attached hydrogens (primary N) is 1. The molecule has 0 radical (unpaired) electrons. The van der Waals surface area contributed by atoms with Gasteiger partial charge in [0.15, 0.2) is 5.96 Å². The SMILES string of the molecule is Br.NC1=NCC(C23CC4CC(CC(C5CCCCC5)(C4)C2)C3)N1. The van der Waals surface area contributed by atoms with Gasteiger partial charge in [0, 0.05) is 0 Å². The minimum absolute atomic E-state index is 0.